The lowest BCUT2D eigenvalue weighted by Crippen LogP contribution is -2.34. The number of aryl methyl sites for hydroxylation is 1. The van der Waals surface area contributed by atoms with Gasteiger partial charge in [0, 0.05) is 44.8 Å². The number of anilines is 2. The first kappa shape index (κ1) is 17.9. The van der Waals surface area contributed by atoms with Gasteiger partial charge in [-0.15, -0.1) is 0 Å². The van der Waals surface area contributed by atoms with Gasteiger partial charge in [-0.3, -0.25) is 0 Å². The minimum Gasteiger partial charge on any atom is -0.373 e. The van der Waals surface area contributed by atoms with Crippen LogP contribution in [0.25, 0.3) is 10.9 Å². The fourth-order valence-electron chi connectivity index (χ4n) is 5.79. The highest BCUT2D eigenvalue weighted by atomic mass is 16.5. The van der Waals surface area contributed by atoms with E-state index in [1.54, 1.807) is 0 Å². The third-order valence-corrected chi connectivity index (χ3v) is 7.40. The van der Waals surface area contributed by atoms with E-state index in [2.05, 4.69) is 34.9 Å². The van der Waals surface area contributed by atoms with Crippen molar-refractivity contribution in [2.24, 2.45) is 0 Å². The topological polar surface area (TPSA) is 50.7 Å². The fraction of sp³-hybridized carbons (Fsp3) is 0.652. The summed E-state index contributed by atoms with van der Waals surface area (Å²) in [6.07, 6.45) is 6.86. The van der Waals surface area contributed by atoms with E-state index < -0.39 is 0 Å². The zero-order valence-electron chi connectivity index (χ0n) is 17.3. The molecule has 0 amide bonds. The van der Waals surface area contributed by atoms with E-state index in [1.807, 2.05) is 0 Å². The summed E-state index contributed by atoms with van der Waals surface area (Å²) in [6, 6.07) is 6.54. The molecule has 6 nitrogen and oxygen atoms in total. The Labute approximate surface area is 172 Å². The molecule has 1 aromatic heterocycles. The van der Waals surface area contributed by atoms with Crippen LogP contribution in [0.3, 0.4) is 0 Å². The van der Waals surface area contributed by atoms with Gasteiger partial charge in [0.1, 0.15) is 5.82 Å². The predicted octanol–water partition coefficient (Wildman–Crippen LogP) is 3.46. The van der Waals surface area contributed by atoms with E-state index in [9.17, 15) is 0 Å². The van der Waals surface area contributed by atoms with Crippen LogP contribution in [0, 0.1) is 6.92 Å². The maximum absolute atomic E-state index is 6.17. The minimum atomic E-state index is 0.0289. The van der Waals surface area contributed by atoms with Crippen molar-refractivity contribution >= 4 is 22.7 Å². The fourth-order valence-corrected chi connectivity index (χ4v) is 5.79. The number of fused-ring (bicyclic) bond motifs is 1. The van der Waals surface area contributed by atoms with Crippen LogP contribution in [0.4, 0.5) is 11.8 Å². The molecule has 154 valence electrons. The van der Waals surface area contributed by atoms with Gasteiger partial charge in [0.2, 0.25) is 5.95 Å². The summed E-state index contributed by atoms with van der Waals surface area (Å²) in [5.74, 6) is 1.94. The van der Waals surface area contributed by atoms with Gasteiger partial charge in [-0.2, -0.15) is 4.98 Å². The summed E-state index contributed by atoms with van der Waals surface area (Å²) in [7, 11) is 0. The van der Waals surface area contributed by atoms with Crippen molar-refractivity contribution in [2.45, 2.75) is 56.7 Å². The molecule has 2 spiro atoms. The van der Waals surface area contributed by atoms with Crippen LogP contribution >= 0.6 is 0 Å². The standard InChI is InChI=1S/C23H30N4O2/c1-17-4-5-19-18(14-17)20(26-10-8-22(15-26)6-2-12-28-22)25-21(24-19)27-11-9-23(16-27)7-3-13-29-23/h4-5,14H,2-3,6-13,15-16H2,1H3. The molecular formula is C23H30N4O2. The highest BCUT2D eigenvalue weighted by Crippen LogP contribution is 2.40. The molecule has 6 heteroatoms. The molecule has 0 radical (unpaired) electrons. The summed E-state index contributed by atoms with van der Waals surface area (Å²) in [5.41, 5.74) is 2.36. The lowest BCUT2D eigenvalue weighted by molar-refractivity contribution is 0.0229. The molecule has 4 aliphatic rings. The molecule has 2 atom stereocenters. The zero-order chi connectivity index (χ0) is 19.5. The molecule has 0 N–H and O–H groups in total. The second-order valence-electron chi connectivity index (χ2n) is 9.48. The third-order valence-electron chi connectivity index (χ3n) is 7.40. The predicted molar refractivity (Wildman–Crippen MR) is 114 cm³/mol. The van der Waals surface area contributed by atoms with Crippen molar-refractivity contribution < 1.29 is 9.47 Å². The number of nitrogens with zero attached hydrogens (tertiary/aromatic N) is 4. The summed E-state index contributed by atoms with van der Waals surface area (Å²) in [5, 5.41) is 1.16. The Morgan fingerprint density at radius 3 is 2.24 bits per heavy atom. The van der Waals surface area contributed by atoms with Crippen molar-refractivity contribution in [3.63, 3.8) is 0 Å². The summed E-state index contributed by atoms with van der Waals surface area (Å²) in [6.45, 7) is 7.78. The average molecular weight is 395 g/mol. The summed E-state index contributed by atoms with van der Waals surface area (Å²) >= 11 is 0. The van der Waals surface area contributed by atoms with Gasteiger partial charge in [-0.05, 0) is 57.6 Å². The lowest BCUT2D eigenvalue weighted by Gasteiger charge is -2.26. The Balaban J connectivity index is 1.38. The van der Waals surface area contributed by atoms with Crippen molar-refractivity contribution in [1.29, 1.82) is 0 Å². The Morgan fingerprint density at radius 2 is 1.55 bits per heavy atom. The molecule has 4 aliphatic heterocycles. The minimum absolute atomic E-state index is 0.0289. The van der Waals surface area contributed by atoms with Crippen LogP contribution in [0.5, 0.6) is 0 Å². The number of hydrogen-bond donors (Lipinski definition) is 0. The Bertz CT molecular complexity index is 934. The molecule has 2 aromatic rings. The normalized spacial score (nSPS) is 31.9. The van der Waals surface area contributed by atoms with Gasteiger partial charge in [0.25, 0.3) is 0 Å². The summed E-state index contributed by atoms with van der Waals surface area (Å²) < 4.78 is 12.3. The van der Waals surface area contributed by atoms with E-state index in [0.29, 0.717) is 0 Å². The molecule has 5 heterocycles. The second kappa shape index (κ2) is 6.54. The van der Waals surface area contributed by atoms with Crippen LogP contribution in [0.2, 0.25) is 0 Å². The molecule has 4 fully saturated rings. The van der Waals surface area contributed by atoms with Gasteiger partial charge < -0.3 is 19.3 Å². The van der Waals surface area contributed by atoms with Crippen LogP contribution in [-0.2, 0) is 9.47 Å². The first-order valence-electron chi connectivity index (χ1n) is 11.2. The van der Waals surface area contributed by atoms with Gasteiger partial charge >= 0.3 is 0 Å². The van der Waals surface area contributed by atoms with Crippen LogP contribution < -0.4 is 9.80 Å². The molecule has 0 aliphatic carbocycles. The molecule has 2 unspecified atom stereocenters. The molecule has 0 saturated carbocycles. The van der Waals surface area contributed by atoms with E-state index in [-0.39, 0.29) is 11.2 Å². The van der Waals surface area contributed by atoms with Crippen LogP contribution in [-0.4, -0.2) is 60.6 Å². The van der Waals surface area contributed by atoms with Gasteiger partial charge in [-0.1, -0.05) is 11.6 Å². The number of hydrogen-bond acceptors (Lipinski definition) is 6. The van der Waals surface area contributed by atoms with E-state index >= 15 is 0 Å². The molecule has 6 rings (SSSR count). The number of aromatic nitrogens is 2. The zero-order valence-corrected chi connectivity index (χ0v) is 17.3. The van der Waals surface area contributed by atoms with Gasteiger partial charge in [0.15, 0.2) is 0 Å². The first-order valence-corrected chi connectivity index (χ1v) is 11.2. The molecule has 29 heavy (non-hydrogen) atoms. The van der Waals surface area contributed by atoms with Crippen LogP contribution in [0.1, 0.15) is 44.1 Å². The number of ether oxygens (including phenoxy) is 2. The van der Waals surface area contributed by atoms with Crippen molar-refractivity contribution in [3.05, 3.63) is 23.8 Å². The van der Waals surface area contributed by atoms with E-state index in [1.165, 1.54) is 24.8 Å². The van der Waals surface area contributed by atoms with Crippen LogP contribution in [0.15, 0.2) is 18.2 Å². The smallest absolute Gasteiger partial charge is 0.228 e. The third kappa shape index (κ3) is 2.99. The van der Waals surface area contributed by atoms with E-state index in [0.717, 1.165) is 81.3 Å². The quantitative estimate of drug-likeness (QED) is 0.778. The van der Waals surface area contributed by atoms with Gasteiger partial charge in [0.05, 0.1) is 16.7 Å². The molecular weight excluding hydrogens is 364 g/mol. The molecule has 1 aromatic carbocycles. The van der Waals surface area contributed by atoms with Crippen molar-refractivity contribution in [2.75, 3.05) is 49.2 Å². The van der Waals surface area contributed by atoms with Crippen molar-refractivity contribution in [3.8, 4) is 0 Å². The van der Waals surface area contributed by atoms with E-state index in [4.69, 9.17) is 19.4 Å². The second-order valence-corrected chi connectivity index (χ2v) is 9.48. The molecule has 4 saturated heterocycles. The Kier molecular flexibility index (Phi) is 4.04. The lowest BCUT2D eigenvalue weighted by atomic mass is 10.00. The average Bonchev–Trinajstić information content (AvgIpc) is 3.53. The summed E-state index contributed by atoms with van der Waals surface area (Å²) in [4.78, 5) is 14.9. The Hall–Kier alpha value is -1.92. The SMILES string of the molecule is Cc1ccc2nc(N3CCC4(CCCO4)C3)nc(N3CCC4(CCCO4)C3)c2c1. The largest absolute Gasteiger partial charge is 0.373 e. The molecule has 0 bridgehead atoms. The monoisotopic (exact) mass is 394 g/mol. The highest BCUT2D eigenvalue weighted by molar-refractivity contribution is 5.91. The van der Waals surface area contributed by atoms with Crippen molar-refractivity contribution in [1.82, 2.24) is 9.97 Å². The highest BCUT2D eigenvalue weighted by Gasteiger charge is 2.44. The first-order chi connectivity index (χ1) is 14.1. The maximum Gasteiger partial charge on any atom is 0.228 e. The maximum atomic E-state index is 6.17. The Morgan fingerprint density at radius 1 is 0.862 bits per heavy atom. The number of rotatable bonds is 2. The van der Waals surface area contributed by atoms with Gasteiger partial charge in [-0.25, -0.2) is 4.98 Å². The number of benzene rings is 1.